The van der Waals surface area contributed by atoms with Gasteiger partial charge in [0.2, 0.25) is 0 Å². The van der Waals surface area contributed by atoms with Crippen LogP contribution in [-0.4, -0.2) is 38.4 Å². The van der Waals surface area contributed by atoms with Gasteiger partial charge in [0.05, 0.1) is 11.8 Å². The predicted octanol–water partition coefficient (Wildman–Crippen LogP) is 4.68. The average Bonchev–Trinajstić information content (AvgIpc) is 3.11. The highest BCUT2D eigenvalue weighted by Gasteiger charge is 2.57. The lowest BCUT2D eigenvalue weighted by atomic mass is 9.75. The van der Waals surface area contributed by atoms with Crippen LogP contribution in [0.1, 0.15) is 43.0 Å². The fourth-order valence-corrected chi connectivity index (χ4v) is 4.91. The van der Waals surface area contributed by atoms with Crippen LogP contribution in [0.3, 0.4) is 0 Å². The Morgan fingerprint density at radius 2 is 1.44 bits per heavy atom. The molecule has 176 valence electrons. The first kappa shape index (κ1) is 21.4. The maximum atomic E-state index is 13.8. The molecule has 0 saturated heterocycles. The molecule has 1 amide bonds. The van der Waals surface area contributed by atoms with Gasteiger partial charge < -0.3 is 20.1 Å². The molecule has 1 spiro atoms. The van der Waals surface area contributed by atoms with Gasteiger partial charge >= 0.3 is 5.97 Å². The van der Waals surface area contributed by atoms with Gasteiger partial charge in [-0.05, 0) is 48.0 Å². The van der Waals surface area contributed by atoms with Gasteiger partial charge in [0, 0.05) is 34.4 Å². The van der Waals surface area contributed by atoms with E-state index < -0.39 is 11.5 Å². The molecule has 0 aliphatic carbocycles. The first-order valence-corrected chi connectivity index (χ1v) is 11.1. The van der Waals surface area contributed by atoms with E-state index in [2.05, 4.69) is 5.10 Å². The number of ether oxygens (including phenoxy) is 1. The molecule has 0 saturated carbocycles. The first-order valence-electron chi connectivity index (χ1n) is 11.1. The minimum absolute atomic E-state index is 0.0151. The van der Waals surface area contributed by atoms with E-state index in [9.17, 15) is 24.9 Å². The topological polar surface area (TPSA) is 120 Å². The number of hydrogen-bond acceptors (Lipinski definition) is 6. The summed E-state index contributed by atoms with van der Waals surface area (Å²) >= 11 is 0. The third kappa shape index (κ3) is 2.98. The number of carbonyl (C=O) groups is 2. The lowest BCUT2D eigenvalue weighted by molar-refractivity contribution is 0.0672. The highest BCUT2D eigenvalue weighted by Crippen LogP contribution is 2.58. The highest BCUT2D eigenvalue weighted by atomic mass is 16.5. The van der Waals surface area contributed by atoms with E-state index in [0.29, 0.717) is 39.3 Å². The van der Waals surface area contributed by atoms with Crippen LogP contribution >= 0.6 is 0 Å². The second-order valence-corrected chi connectivity index (χ2v) is 8.51. The molecule has 2 aliphatic heterocycles. The molecular formula is C28H18N2O6. The zero-order valence-electron chi connectivity index (χ0n) is 18.6. The van der Waals surface area contributed by atoms with Gasteiger partial charge in [-0.1, -0.05) is 30.3 Å². The second kappa shape index (κ2) is 7.71. The van der Waals surface area contributed by atoms with Crippen LogP contribution in [0, 0.1) is 0 Å². The van der Waals surface area contributed by atoms with Crippen LogP contribution in [-0.2, 0) is 5.54 Å². The van der Waals surface area contributed by atoms with Crippen molar-refractivity contribution in [2.75, 3.05) is 0 Å². The van der Waals surface area contributed by atoms with Crippen molar-refractivity contribution >= 4 is 18.1 Å². The van der Waals surface area contributed by atoms with Crippen LogP contribution in [0.2, 0.25) is 0 Å². The van der Waals surface area contributed by atoms with E-state index in [0.717, 1.165) is 0 Å². The Morgan fingerprint density at radius 3 is 2.06 bits per heavy atom. The fourth-order valence-electron chi connectivity index (χ4n) is 4.91. The van der Waals surface area contributed by atoms with Crippen molar-refractivity contribution in [1.29, 1.82) is 0 Å². The number of carboxylic acid groups (broad SMARTS) is 1. The Kier molecular flexibility index (Phi) is 4.59. The van der Waals surface area contributed by atoms with Crippen molar-refractivity contribution in [1.82, 2.24) is 5.01 Å². The van der Waals surface area contributed by atoms with Gasteiger partial charge in [0.1, 0.15) is 28.5 Å². The lowest BCUT2D eigenvalue weighted by Gasteiger charge is -2.41. The number of carboxylic acids is 1. The standard InChI is InChI=1S/C28H18N2O6/c31-18-9-11-22-24(13-18)36-25-14-19(32)10-12-23(25)28(22)21-4-2-1-3-20(21)26(33)30(28)29-15-16-5-7-17(8-6-16)27(34)35/h1-15,31-32H,(H,34,35)/b29-15+. The molecule has 0 aromatic heterocycles. The summed E-state index contributed by atoms with van der Waals surface area (Å²) in [7, 11) is 0. The van der Waals surface area contributed by atoms with E-state index in [1.165, 1.54) is 47.6 Å². The Bertz CT molecular complexity index is 1540. The number of aromatic carboxylic acids is 1. The molecule has 0 bridgehead atoms. The average molecular weight is 478 g/mol. The number of carbonyl (C=O) groups excluding carboxylic acids is 1. The van der Waals surface area contributed by atoms with Gasteiger partial charge in [-0.2, -0.15) is 5.10 Å². The quantitative estimate of drug-likeness (QED) is 0.368. The van der Waals surface area contributed by atoms with Crippen LogP contribution in [0.5, 0.6) is 23.0 Å². The summed E-state index contributed by atoms with van der Waals surface area (Å²) < 4.78 is 6.06. The molecule has 8 heteroatoms. The van der Waals surface area contributed by atoms with Gasteiger partial charge in [0.25, 0.3) is 5.91 Å². The Labute approximate surface area is 204 Å². The first-order chi connectivity index (χ1) is 17.4. The minimum atomic E-state index is -1.24. The smallest absolute Gasteiger partial charge is 0.335 e. The Morgan fingerprint density at radius 1 is 0.833 bits per heavy atom. The molecule has 8 nitrogen and oxygen atoms in total. The maximum absolute atomic E-state index is 13.8. The summed E-state index contributed by atoms with van der Waals surface area (Å²) in [5.41, 5.74) is 1.81. The van der Waals surface area contributed by atoms with Crippen LogP contribution in [0.15, 0.2) is 90.0 Å². The molecule has 2 aliphatic rings. The number of hydrazone groups is 1. The van der Waals surface area contributed by atoms with E-state index >= 15 is 0 Å². The van der Waals surface area contributed by atoms with Crippen LogP contribution in [0.4, 0.5) is 0 Å². The molecule has 2 heterocycles. The molecule has 4 aromatic carbocycles. The summed E-state index contributed by atoms with van der Waals surface area (Å²) in [5, 5.41) is 35.5. The molecule has 3 N–H and O–H groups in total. The van der Waals surface area contributed by atoms with Crippen LogP contribution < -0.4 is 4.74 Å². The summed E-state index contributed by atoms with van der Waals surface area (Å²) in [6.07, 6.45) is 1.49. The van der Waals surface area contributed by atoms with Gasteiger partial charge in [-0.15, -0.1) is 0 Å². The van der Waals surface area contributed by atoms with Crippen molar-refractivity contribution < 1.29 is 29.6 Å². The van der Waals surface area contributed by atoms with Crippen molar-refractivity contribution in [2.45, 2.75) is 5.54 Å². The SMILES string of the molecule is O=C(O)c1ccc(/C=N/N2C(=O)c3ccccc3C23c2ccc(O)cc2Oc2cc(O)ccc23)cc1. The monoisotopic (exact) mass is 478 g/mol. The molecule has 4 aromatic rings. The van der Waals surface area contributed by atoms with E-state index in [1.54, 1.807) is 36.4 Å². The number of phenols is 2. The fraction of sp³-hybridized carbons (Fsp3) is 0.0357. The molecule has 0 atom stereocenters. The Hall–Kier alpha value is -5.11. The summed E-state index contributed by atoms with van der Waals surface area (Å²) in [5.74, 6) is -0.766. The number of benzene rings is 4. The molecule has 0 unspecified atom stereocenters. The molecule has 0 fully saturated rings. The minimum Gasteiger partial charge on any atom is -0.508 e. The van der Waals surface area contributed by atoms with Gasteiger partial charge in [-0.3, -0.25) is 4.79 Å². The molecular weight excluding hydrogens is 460 g/mol. The highest BCUT2D eigenvalue weighted by molar-refractivity contribution is 6.03. The number of fused-ring (bicyclic) bond motifs is 6. The van der Waals surface area contributed by atoms with Gasteiger partial charge in [0.15, 0.2) is 0 Å². The number of aromatic hydroxyl groups is 2. The zero-order valence-corrected chi connectivity index (χ0v) is 18.6. The summed E-state index contributed by atoms with van der Waals surface area (Å²) in [4.78, 5) is 25.0. The normalized spacial score (nSPS) is 14.9. The molecule has 0 radical (unpaired) electrons. The van der Waals surface area contributed by atoms with E-state index in [4.69, 9.17) is 4.74 Å². The summed E-state index contributed by atoms with van der Waals surface area (Å²) in [6.45, 7) is 0. The largest absolute Gasteiger partial charge is 0.508 e. The van der Waals surface area contributed by atoms with Crippen molar-refractivity contribution in [3.63, 3.8) is 0 Å². The van der Waals surface area contributed by atoms with E-state index in [-0.39, 0.29) is 23.0 Å². The van der Waals surface area contributed by atoms with Crippen molar-refractivity contribution in [3.05, 3.63) is 118 Å². The predicted molar refractivity (Wildman–Crippen MR) is 130 cm³/mol. The second-order valence-electron chi connectivity index (χ2n) is 8.51. The van der Waals surface area contributed by atoms with Crippen molar-refractivity contribution in [3.8, 4) is 23.0 Å². The molecule has 36 heavy (non-hydrogen) atoms. The number of rotatable bonds is 3. The third-order valence-corrected chi connectivity index (χ3v) is 6.47. The number of hydrogen-bond donors (Lipinski definition) is 3. The maximum Gasteiger partial charge on any atom is 0.335 e. The number of phenolic OH excluding ortho intramolecular Hbond substituents is 2. The van der Waals surface area contributed by atoms with Crippen molar-refractivity contribution in [2.24, 2.45) is 5.10 Å². The van der Waals surface area contributed by atoms with Crippen LogP contribution in [0.25, 0.3) is 0 Å². The summed E-state index contributed by atoms with van der Waals surface area (Å²) in [6, 6.07) is 22.7. The van der Waals surface area contributed by atoms with E-state index in [1.807, 2.05) is 12.1 Å². The number of nitrogens with zero attached hydrogens (tertiary/aromatic N) is 2. The van der Waals surface area contributed by atoms with Gasteiger partial charge in [-0.25, -0.2) is 9.80 Å². The molecule has 6 rings (SSSR count). The lowest BCUT2D eigenvalue weighted by Crippen LogP contribution is -2.44. The third-order valence-electron chi connectivity index (χ3n) is 6.47. The number of amides is 1. The zero-order chi connectivity index (χ0) is 25.0. The Balaban J connectivity index is 1.61.